The number of carbonyl (C=O) groups excluding carboxylic acids is 1. The third kappa shape index (κ3) is 4.19. The predicted octanol–water partition coefficient (Wildman–Crippen LogP) is 1.70. The van der Waals surface area contributed by atoms with E-state index in [1.165, 1.54) is 18.2 Å². The van der Waals surface area contributed by atoms with Gasteiger partial charge in [-0.15, -0.1) is 0 Å². The van der Waals surface area contributed by atoms with Gasteiger partial charge in [-0.2, -0.15) is 0 Å². The lowest BCUT2D eigenvalue weighted by molar-refractivity contribution is 0.0942. The van der Waals surface area contributed by atoms with Crippen molar-refractivity contribution < 1.29 is 14.3 Å². The fourth-order valence-electron chi connectivity index (χ4n) is 1.37. The summed E-state index contributed by atoms with van der Waals surface area (Å²) in [6.45, 7) is 3.62. The van der Waals surface area contributed by atoms with Gasteiger partial charge in [0.2, 0.25) is 0 Å². The molecule has 0 spiro atoms. The number of amides is 1. The molecule has 96 valence electrons. The second kappa shape index (κ2) is 6.77. The smallest absolute Gasteiger partial charge is 0.252 e. The maximum absolute atomic E-state index is 13.2. The Morgan fingerprint density at radius 2 is 2.22 bits per heavy atom. The van der Waals surface area contributed by atoms with Crippen LogP contribution in [0.1, 0.15) is 36.2 Å². The summed E-state index contributed by atoms with van der Waals surface area (Å²) in [6.07, 6.45) is 0.322. The SMILES string of the molecule is CC(C)NC(=O)c1cc(F)ccc1C#CCCO. The largest absolute Gasteiger partial charge is 0.395 e. The fraction of sp³-hybridized carbons (Fsp3) is 0.357. The second-order valence-corrected chi connectivity index (χ2v) is 4.09. The van der Waals surface area contributed by atoms with Crippen molar-refractivity contribution in [3.63, 3.8) is 0 Å². The minimum Gasteiger partial charge on any atom is -0.395 e. The first-order valence-electron chi connectivity index (χ1n) is 5.74. The van der Waals surface area contributed by atoms with Crippen molar-refractivity contribution in [1.82, 2.24) is 5.32 Å². The molecule has 1 amide bonds. The number of hydrogen-bond donors (Lipinski definition) is 2. The maximum Gasteiger partial charge on any atom is 0.252 e. The van der Waals surface area contributed by atoms with Crippen molar-refractivity contribution in [3.05, 3.63) is 35.1 Å². The Bertz CT molecular complexity index is 486. The molecule has 1 aromatic rings. The first-order valence-corrected chi connectivity index (χ1v) is 5.74. The molecule has 1 aromatic carbocycles. The highest BCUT2D eigenvalue weighted by atomic mass is 19.1. The molecule has 18 heavy (non-hydrogen) atoms. The summed E-state index contributed by atoms with van der Waals surface area (Å²) in [5.41, 5.74) is 0.678. The van der Waals surface area contributed by atoms with Crippen LogP contribution in [-0.2, 0) is 0 Å². The van der Waals surface area contributed by atoms with Gasteiger partial charge in [0, 0.05) is 18.0 Å². The minimum absolute atomic E-state index is 0.0287. The zero-order valence-electron chi connectivity index (χ0n) is 10.5. The van der Waals surface area contributed by atoms with E-state index < -0.39 is 5.82 Å². The van der Waals surface area contributed by atoms with Crippen LogP contribution in [0.25, 0.3) is 0 Å². The van der Waals surface area contributed by atoms with Crippen molar-refractivity contribution >= 4 is 5.91 Å². The molecule has 0 aliphatic rings. The summed E-state index contributed by atoms with van der Waals surface area (Å²) in [4.78, 5) is 11.9. The standard InChI is InChI=1S/C14H16FNO2/c1-10(2)16-14(18)13-9-12(15)7-6-11(13)5-3-4-8-17/h6-7,9-10,17H,4,8H2,1-2H3,(H,16,18). The van der Waals surface area contributed by atoms with Crippen molar-refractivity contribution in [3.8, 4) is 11.8 Å². The molecule has 0 atom stereocenters. The predicted molar refractivity (Wildman–Crippen MR) is 67.6 cm³/mol. The molecule has 4 heteroatoms. The van der Waals surface area contributed by atoms with Crippen molar-refractivity contribution in [2.45, 2.75) is 26.3 Å². The third-order valence-electron chi connectivity index (χ3n) is 2.11. The number of benzene rings is 1. The number of carbonyl (C=O) groups is 1. The van der Waals surface area contributed by atoms with Gasteiger partial charge in [-0.3, -0.25) is 4.79 Å². The molecule has 0 unspecified atom stereocenters. The average molecular weight is 249 g/mol. The fourth-order valence-corrected chi connectivity index (χ4v) is 1.37. The van der Waals surface area contributed by atoms with E-state index in [2.05, 4.69) is 17.2 Å². The van der Waals surface area contributed by atoms with E-state index in [4.69, 9.17) is 5.11 Å². The Hall–Kier alpha value is -1.86. The van der Waals surface area contributed by atoms with E-state index in [1.807, 2.05) is 13.8 Å². The zero-order valence-corrected chi connectivity index (χ0v) is 10.5. The molecule has 0 aromatic heterocycles. The van der Waals surface area contributed by atoms with Crippen molar-refractivity contribution in [1.29, 1.82) is 0 Å². The van der Waals surface area contributed by atoms with Crippen LogP contribution in [0, 0.1) is 17.7 Å². The summed E-state index contributed by atoms with van der Waals surface area (Å²) in [6, 6.07) is 3.86. The molecule has 2 N–H and O–H groups in total. The highest BCUT2D eigenvalue weighted by Crippen LogP contribution is 2.10. The molecular weight excluding hydrogens is 233 g/mol. The molecule has 0 saturated carbocycles. The number of aliphatic hydroxyl groups is 1. The Balaban J connectivity index is 3.04. The highest BCUT2D eigenvalue weighted by Gasteiger charge is 2.12. The van der Waals surface area contributed by atoms with Crippen LogP contribution in [0.3, 0.4) is 0 Å². The molecule has 0 aliphatic heterocycles. The molecule has 0 bridgehead atoms. The lowest BCUT2D eigenvalue weighted by atomic mass is 10.1. The average Bonchev–Trinajstić information content (AvgIpc) is 2.30. The van der Waals surface area contributed by atoms with Gasteiger partial charge in [0.05, 0.1) is 12.2 Å². The normalized spacial score (nSPS) is 9.83. The van der Waals surface area contributed by atoms with Crippen molar-refractivity contribution in [2.24, 2.45) is 0 Å². The third-order valence-corrected chi connectivity index (χ3v) is 2.11. The lowest BCUT2D eigenvalue weighted by Gasteiger charge is -2.09. The molecule has 0 fully saturated rings. The Morgan fingerprint density at radius 3 is 2.83 bits per heavy atom. The van der Waals surface area contributed by atoms with Gasteiger partial charge in [-0.25, -0.2) is 4.39 Å². The van der Waals surface area contributed by atoms with Crippen LogP contribution in [0.5, 0.6) is 0 Å². The number of halogens is 1. The zero-order chi connectivity index (χ0) is 13.5. The molecular formula is C14H16FNO2. The molecule has 0 radical (unpaired) electrons. The minimum atomic E-state index is -0.475. The van der Waals surface area contributed by atoms with Gasteiger partial charge < -0.3 is 10.4 Å². The Kier molecular flexibility index (Phi) is 5.34. The van der Waals surface area contributed by atoms with E-state index in [1.54, 1.807) is 0 Å². The number of hydrogen-bond acceptors (Lipinski definition) is 2. The first kappa shape index (κ1) is 14.2. The number of rotatable bonds is 3. The Morgan fingerprint density at radius 1 is 1.50 bits per heavy atom. The maximum atomic E-state index is 13.2. The second-order valence-electron chi connectivity index (χ2n) is 4.09. The molecule has 0 aliphatic carbocycles. The summed E-state index contributed by atoms with van der Waals surface area (Å²) in [7, 11) is 0. The van der Waals surface area contributed by atoms with E-state index in [9.17, 15) is 9.18 Å². The summed E-state index contributed by atoms with van der Waals surface area (Å²) >= 11 is 0. The summed E-state index contributed by atoms with van der Waals surface area (Å²) < 4.78 is 13.2. The van der Waals surface area contributed by atoms with Gasteiger partial charge in [-0.05, 0) is 32.0 Å². The summed E-state index contributed by atoms with van der Waals surface area (Å²) in [5, 5.41) is 11.3. The number of nitrogens with one attached hydrogen (secondary N) is 1. The van der Waals surface area contributed by atoms with Crippen LogP contribution in [0.2, 0.25) is 0 Å². The topological polar surface area (TPSA) is 49.3 Å². The highest BCUT2D eigenvalue weighted by molar-refractivity contribution is 5.96. The lowest BCUT2D eigenvalue weighted by Crippen LogP contribution is -2.30. The van der Waals surface area contributed by atoms with E-state index in [-0.39, 0.29) is 24.1 Å². The monoisotopic (exact) mass is 249 g/mol. The number of aliphatic hydroxyl groups excluding tert-OH is 1. The van der Waals surface area contributed by atoms with E-state index in [0.29, 0.717) is 12.0 Å². The van der Waals surface area contributed by atoms with Crippen LogP contribution in [-0.4, -0.2) is 23.7 Å². The molecule has 0 saturated heterocycles. The van der Waals surface area contributed by atoms with E-state index >= 15 is 0 Å². The van der Waals surface area contributed by atoms with Gasteiger partial charge in [0.15, 0.2) is 0 Å². The Labute approximate surface area is 106 Å². The van der Waals surface area contributed by atoms with Gasteiger partial charge >= 0.3 is 0 Å². The van der Waals surface area contributed by atoms with Gasteiger partial charge in [-0.1, -0.05) is 11.8 Å². The molecule has 0 heterocycles. The van der Waals surface area contributed by atoms with Crippen LogP contribution < -0.4 is 5.32 Å². The quantitative estimate of drug-likeness (QED) is 0.801. The van der Waals surface area contributed by atoms with Crippen LogP contribution in [0.4, 0.5) is 4.39 Å². The van der Waals surface area contributed by atoms with Crippen molar-refractivity contribution in [2.75, 3.05) is 6.61 Å². The van der Waals surface area contributed by atoms with Gasteiger partial charge in [0.1, 0.15) is 5.82 Å². The van der Waals surface area contributed by atoms with Gasteiger partial charge in [0.25, 0.3) is 5.91 Å². The van der Waals surface area contributed by atoms with Crippen LogP contribution >= 0.6 is 0 Å². The summed E-state index contributed by atoms with van der Waals surface area (Å²) in [5.74, 6) is 4.65. The van der Waals surface area contributed by atoms with E-state index in [0.717, 1.165) is 0 Å². The molecule has 3 nitrogen and oxygen atoms in total. The first-order chi connectivity index (χ1) is 8.54. The van der Waals surface area contributed by atoms with Crippen LogP contribution in [0.15, 0.2) is 18.2 Å². The molecule has 1 rings (SSSR count).